The predicted molar refractivity (Wildman–Crippen MR) is 102 cm³/mol. The highest BCUT2D eigenvalue weighted by Gasteiger charge is 2.29. The first-order chi connectivity index (χ1) is 12.5. The maximum Gasteiger partial charge on any atom is 0.276 e. The first-order valence-corrected chi connectivity index (χ1v) is 8.78. The summed E-state index contributed by atoms with van der Waals surface area (Å²) in [6.45, 7) is 7.20. The van der Waals surface area contributed by atoms with Gasteiger partial charge in [0, 0.05) is 40.8 Å². The summed E-state index contributed by atoms with van der Waals surface area (Å²) >= 11 is 0. The quantitative estimate of drug-likeness (QED) is 0.783. The van der Waals surface area contributed by atoms with E-state index >= 15 is 0 Å². The van der Waals surface area contributed by atoms with E-state index in [1.807, 2.05) is 51.1 Å². The van der Waals surface area contributed by atoms with Crippen molar-refractivity contribution in [2.24, 2.45) is 0 Å². The van der Waals surface area contributed by atoms with Gasteiger partial charge in [0.25, 0.3) is 11.8 Å². The molecule has 0 aliphatic carbocycles. The van der Waals surface area contributed by atoms with Gasteiger partial charge in [-0.25, -0.2) is 0 Å². The normalized spacial score (nSPS) is 12.9. The molecule has 6 heteroatoms. The molecular formula is C20H20N4O2. The first kappa shape index (κ1) is 16.3. The summed E-state index contributed by atoms with van der Waals surface area (Å²) < 4.78 is 1.79. The van der Waals surface area contributed by atoms with E-state index < -0.39 is 0 Å². The molecule has 1 aliphatic heterocycles. The fourth-order valence-corrected chi connectivity index (χ4v) is 3.60. The second kappa shape index (κ2) is 5.98. The number of nitrogens with zero attached hydrogens (tertiary/aromatic N) is 3. The van der Waals surface area contributed by atoms with Crippen molar-refractivity contribution in [1.82, 2.24) is 9.78 Å². The highest BCUT2D eigenvalue weighted by molar-refractivity contribution is 6.27. The smallest absolute Gasteiger partial charge is 0.276 e. The molecule has 1 N–H and O–H groups in total. The molecular weight excluding hydrogens is 328 g/mol. The van der Waals surface area contributed by atoms with Crippen LogP contribution in [-0.2, 0) is 6.54 Å². The van der Waals surface area contributed by atoms with E-state index in [1.54, 1.807) is 15.6 Å². The number of benzene rings is 2. The first-order valence-electron chi connectivity index (χ1n) is 8.78. The zero-order valence-electron chi connectivity index (χ0n) is 15.0. The summed E-state index contributed by atoms with van der Waals surface area (Å²) in [5.41, 5.74) is 3.60. The standard InChI is InChI=1S/C20H20N4O2/c1-4-23-17-10-9-15(13-7-6-8-14(18(13)17)20(23)26)21-19(25)16-11-12(3)24(5-2)22-16/h6-11H,4-5H2,1-3H3,(H,21,25). The maximum atomic E-state index is 12.6. The minimum atomic E-state index is -0.252. The largest absolute Gasteiger partial charge is 0.320 e. The zero-order chi connectivity index (χ0) is 18.4. The average Bonchev–Trinajstić information content (AvgIpc) is 3.16. The van der Waals surface area contributed by atoms with Gasteiger partial charge in [-0.15, -0.1) is 0 Å². The Balaban J connectivity index is 1.76. The van der Waals surface area contributed by atoms with Crippen molar-refractivity contribution in [3.05, 3.63) is 53.3 Å². The maximum absolute atomic E-state index is 12.6. The second-order valence-electron chi connectivity index (χ2n) is 6.35. The van der Waals surface area contributed by atoms with Crippen LogP contribution in [-0.4, -0.2) is 28.1 Å². The van der Waals surface area contributed by atoms with Gasteiger partial charge >= 0.3 is 0 Å². The van der Waals surface area contributed by atoms with Crippen LogP contribution in [0.15, 0.2) is 36.4 Å². The molecule has 4 rings (SSSR count). The second-order valence-corrected chi connectivity index (χ2v) is 6.35. The van der Waals surface area contributed by atoms with Crippen molar-refractivity contribution in [3.63, 3.8) is 0 Å². The van der Waals surface area contributed by atoms with Gasteiger partial charge in [0.15, 0.2) is 5.69 Å². The molecule has 0 spiro atoms. The number of aryl methyl sites for hydroxylation is 2. The molecule has 132 valence electrons. The van der Waals surface area contributed by atoms with Gasteiger partial charge in [0.05, 0.1) is 5.69 Å². The molecule has 0 fully saturated rings. The van der Waals surface area contributed by atoms with Gasteiger partial charge in [-0.1, -0.05) is 12.1 Å². The van der Waals surface area contributed by atoms with Crippen LogP contribution in [0.5, 0.6) is 0 Å². The lowest BCUT2D eigenvalue weighted by atomic mass is 10.0. The predicted octanol–water partition coefficient (Wildman–Crippen LogP) is 3.60. The Hall–Kier alpha value is -3.15. The van der Waals surface area contributed by atoms with E-state index in [0.717, 1.165) is 28.7 Å². The molecule has 1 aliphatic rings. The molecule has 0 bridgehead atoms. The Kier molecular flexibility index (Phi) is 3.76. The van der Waals surface area contributed by atoms with Crippen molar-refractivity contribution in [1.29, 1.82) is 0 Å². The fourth-order valence-electron chi connectivity index (χ4n) is 3.60. The Labute approximate surface area is 151 Å². The van der Waals surface area contributed by atoms with Gasteiger partial charge in [-0.2, -0.15) is 5.10 Å². The van der Waals surface area contributed by atoms with Crippen LogP contribution >= 0.6 is 0 Å². The Morgan fingerprint density at radius 2 is 1.96 bits per heavy atom. The number of carbonyl (C=O) groups excluding carboxylic acids is 2. The third-order valence-electron chi connectivity index (χ3n) is 4.86. The molecule has 0 saturated heterocycles. The lowest BCUT2D eigenvalue weighted by Gasteiger charge is -2.15. The van der Waals surface area contributed by atoms with Crippen LogP contribution in [0.25, 0.3) is 10.8 Å². The van der Waals surface area contributed by atoms with Crippen molar-refractivity contribution < 1.29 is 9.59 Å². The van der Waals surface area contributed by atoms with Crippen molar-refractivity contribution >= 4 is 34.0 Å². The van der Waals surface area contributed by atoms with Gasteiger partial charge in [0.2, 0.25) is 0 Å². The van der Waals surface area contributed by atoms with Crippen LogP contribution in [0.3, 0.4) is 0 Å². The molecule has 2 amide bonds. The Morgan fingerprint density at radius 3 is 2.65 bits per heavy atom. The Morgan fingerprint density at radius 1 is 1.15 bits per heavy atom. The van der Waals surface area contributed by atoms with E-state index in [2.05, 4.69) is 10.4 Å². The number of nitrogens with one attached hydrogen (secondary N) is 1. The molecule has 0 unspecified atom stereocenters. The highest BCUT2D eigenvalue weighted by Crippen LogP contribution is 2.40. The lowest BCUT2D eigenvalue weighted by Crippen LogP contribution is -2.25. The van der Waals surface area contributed by atoms with Gasteiger partial charge < -0.3 is 10.2 Å². The van der Waals surface area contributed by atoms with E-state index in [-0.39, 0.29) is 11.8 Å². The van der Waals surface area contributed by atoms with Crippen molar-refractivity contribution in [3.8, 4) is 0 Å². The van der Waals surface area contributed by atoms with Crippen LogP contribution in [0.4, 0.5) is 11.4 Å². The highest BCUT2D eigenvalue weighted by atomic mass is 16.2. The number of hydrogen-bond donors (Lipinski definition) is 1. The van der Waals surface area contributed by atoms with Crippen LogP contribution in [0.2, 0.25) is 0 Å². The number of hydrogen-bond acceptors (Lipinski definition) is 3. The minimum absolute atomic E-state index is 0.00823. The Bertz CT molecular complexity index is 1050. The number of rotatable bonds is 4. The molecule has 26 heavy (non-hydrogen) atoms. The molecule has 1 aromatic heterocycles. The van der Waals surface area contributed by atoms with Gasteiger partial charge in [-0.3, -0.25) is 14.3 Å². The van der Waals surface area contributed by atoms with Crippen LogP contribution < -0.4 is 10.2 Å². The molecule has 0 saturated carbocycles. The number of carbonyl (C=O) groups is 2. The molecule has 3 aromatic rings. The SMILES string of the molecule is CCN1C(=O)c2cccc3c(NC(=O)c4cc(C)n(CC)n4)ccc1c23. The number of amides is 2. The molecule has 6 nitrogen and oxygen atoms in total. The third-order valence-corrected chi connectivity index (χ3v) is 4.86. The average molecular weight is 348 g/mol. The van der Waals surface area contributed by atoms with Crippen molar-refractivity contribution in [2.75, 3.05) is 16.8 Å². The fraction of sp³-hybridized carbons (Fsp3) is 0.250. The monoisotopic (exact) mass is 348 g/mol. The summed E-state index contributed by atoms with van der Waals surface area (Å²) in [4.78, 5) is 27.0. The molecule has 0 radical (unpaired) electrons. The van der Waals surface area contributed by atoms with E-state index in [1.165, 1.54) is 0 Å². The van der Waals surface area contributed by atoms with E-state index in [4.69, 9.17) is 0 Å². The number of anilines is 2. The van der Waals surface area contributed by atoms with Crippen LogP contribution in [0, 0.1) is 6.92 Å². The topological polar surface area (TPSA) is 67.2 Å². The summed E-state index contributed by atoms with van der Waals surface area (Å²) in [5, 5.41) is 9.04. The van der Waals surface area contributed by atoms with Crippen LogP contribution in [0.1, 0.15) is 40.4 Å². The number of aromatic nitrogens is 2. The molecule has 2 aromatic carbocycles. The summed E-state index contributed by atoms with van der Waals surface area (Å²) in [6, 6.07) is 11.1. The van der Waals surface area contributed by atoms with E-state index in [0.29, 0.717) is 23.5 Å². The zero-order valence-corrected chi connectivity index (χ0v) is 15.0. The van der Waals surface area contributed by atoms with Gasteiger partial charge in [-0.05, 0) is 45.0 Å². The third kappa shape index (κ3) is 2.29. The van der Waals surface area contributed by atoms with E-state index in [9.17, 15) is 9.59 Å². The van der Waals surface area contributed by atoms with Gasteiger partial charge in [0.1, 0.15) is 0 Å². The summed E-state index contributed by atoms with van der Waals surface area (Å²) in [6.07, 6.45) is 0. The summed E-state index contributed by atoms with van der Waals surface area (Å²) in [7, 11) is 0. The minimum Gasteiger partial charge on any atom is -0.320 e. The summed E-state index contributed by atoms with van der Waals surface area (Å²) in [5.74, 6) is -0.244. The molecule has 0 atom stereocenters. The lowest BCUT2D eigenvalue weighted by molar-refractivity contribution is 0.0992. The van der Waals surface area contributed by atoms with Crippen molar-refractivity contribution in [2.45, 2.75) is 27.3 Å². The molecule has 2 heterocycles.